The van der Waals surface area contributed by atoms with Crippen molar-refractivity contribution >= 4 is 5.91 Å². The van der Waals surface area contributed by atoms with Gasteiger partial charge in [-0.25, -0.2) is 0 Å². The number of nitrogens with one attached hydrogen (secondary N) is 1. The molecule has 0 aromatic heterocycles. The van der Waals surface area contributed by atoms with Crippen molar-refractivity contribution in [2.24, 2.45) is 11.7 Å². The molecule has 1 unspecified atom stereocenters. The van der Waals surface area contributed by atoms with Crippen molar-refractivity contribution in [3.63, 3.8) is 0 Å². The zero-order valence-corrected chi connectivity index (χ0v) is 8.97. The standard InChI is InChI=1S/C10H22N2O/c1-4-9(5-2)12-10(13)8(3)6-7-11/h8-9H,4-7,11H2,1-3H3,(H,12,13). The van der Waals surface area contributed by atoms with E-state index in [-0.39, 0.29) is 11.8 Å². The van der Waals surface area contributed by atoms with Crippen LogP contribution in [0.4, 0.5) is 0 Å². The highest BCUT2D eigenvalue weighted by Crippen LogP contribution is 2.03. The highest BCUT2D eigenvalue weighted by atomic mass is 16.1. The largest absolute Gasteiger partial charge is 0.353 e. The van der Waals surface area contributed by atoms with E-state index in [0.717, 1.165) is 19.3 Å². The lowest BCUT2D eigenvalue weighted by atomic mass is 10.1. The Kier molecular flexibility index (Phi) is 6.59. The number of hydrogen-bond acceptors (Lipinski definition) is 2. The van der Waals surface area contributed by atoms with Gasteiger partial charge in [-0.1, -0.05) is 20.8 Å². The lowest BCUT2D eigenvalue weighted by Crippen LogP contribution is -2.37. The van der Waals surface area contributed by atoms with Crippen LogP contribution in [0.3, 0.4) is 0 Å². The van der Waals surface area contributed by atoms with E-state index in [4.69, 9.17) is 5.73 Å². The van der Waals surface area contributed by atoms with Crippen LogP contribution in [0.2, 0.25) is 0 Å². The Balaban J connectivity index is 3.83. The number of hydrogen-bond donors (Lipinski definition) is 2. The smallest absolute Gasteiger partial charge is 0.223 e. The molecule has 0 saturated carbocycles. The van der Waals surface area contributed by atoms with Crippen LogP contribution >= 0.6 is 0 Å². The Bertz CT molecular complexity index is 144. The molecule has 3 heteroatoms. The van der Waals surface area contributed by atoms with Crippen LogP contribution in [0.15, 0.2) is 0 Å². The molecule has 1 atom stereocenters. The maximum absolute atomic E-state index is 11.5. The Labute approximate surface area is 81.1 Å². The van der Waals surface area contributed by atoms with Crippen molar-refractivity contribution in [1.82, 2.24) is 5.32 Å². The first-order valence-corrected chi connectivity index (χ1v) is 5.16. The van der Waals surface area contributed by atoms with Gasteiger partial charge in [0.25, 0.3) is 0 Å². The number of rotatable bonds is 6. The van der Waals surface area contributed by atoms with Gasteiger partial charge in [0.2, 0.25) is 5.91 Å². The highest BCUT2D eigenvalue weighted by Gasteiger charge is 2.14. The minimum absolute atomic E-state index is 0.0469. The summed E-state index contributed by atoms with van der Waals surface area (Å²) in [7, 11) is 0. The monoisotopic (exact) mass is 186 g/mol. The molecule has 0 spiro atoms. The van der Waals surface area contributed by atoms with Gasteiger partial charge in [0.15, 0.2) is 0 Å². The molecule has 0 aliphatic carbocycles. The quantitative estimate of drug-likeness (QED) is 0.656. The summed E-state index contributed by atoms with van der Waals surface area (Å²) in [6.07, 6.45) is 2.77. The summed E-state index contributed by atoms with van der Waals surface area (Å²) < 4.78 is 0. The van der Waals surface area contributed by atoms with Crippen molar-refractivity contribution in [2.45, 2.75) is 46.1 Å². The molecule has 1 amide bonds. The summed E-state index contributed by atoms with van der Waals surface area (Å²) in [4.78, 5) is 11.5. The van der Waals surface area contributed by atoms with Crippen molar-refractivity contribution in [1.29, 1.82) is 0 Å². The average Bonchev–Trinajstić information content (AvgIpc) is 2.14. The first-order chi connectivity index (χ1) is 6.15. The van der Waals surface area contributed by atoms with E-state index in [9.17, 15) is 4.79 Å². The minimum Gasteiger partial charge on any atom is -0.353 e. The summed E-state index contributed by atoms with van der Waals surface area (Å²) in [5, 5.41) is 3.01. The molecular formula is C10H22N2O. The van der Waals surface area contributed by atoms with Crippen molar-refractivity contribution < 1.29 is 4.79 Å². The van der Waals surface area contributed by atoms with Gasteiger partial charge in [-0.2, -0.15) is 0 Å². The zero-order chi connectivity index (χ0) is 10.3. The van der Waals surface area contributed by atoms with Crippen LogP contribution in [-0.4, -0.2) is 18.5 Å². The second kappa shape index (κ2) is 6.89. The van der Waals surface area contributed by atoms with Gasteiger partial charge in [0.1, 0.15) is 0 Å². The maximum atomic E-state index is 11.5. The molecule has 0 aromatic carbocycles. The molecule has 0 heterocycles. The Morgan fingerprint density at radius 3 is 2.31 bits per heavy atom. The number of carbonyl (C=O) groups is 1. The van der Waals surface area contributed by atoms with Crippen molar-refractivity contribution in [3.05, 3.63) is 0 Å². The van der Waals surface area contributed by atoms with E-state index in [0.29, 0.717) is 12.6 Å². The summed E-state index contributed by atoms with van der Waals surface area (Å²) >= 11 is 0. The first kappa shape index (κ1) is 12.4. The first-order valence-electron chi connectivity index (χ1n) is 5.16. The molecule has 13 heavy (non-hydrogen) atoms. The second-order valence-corrected chi connectivity index (χ2v) is 3.50. The van der Waals surface area contributed by atoms with Crippen LogP contribution in [-0.2, 0) is 4.79 Å². The molecule has 3 N–H and O–H groups in total. The van der Waals surface area contributed by atoms with Gasteiger partial charge in [0.05, 0.1) is 0 Å². The predicted molar refractivity (Wildman–Crippen MR) is 55.3 cm³/mol. The van der Waals surface area contributed by atoms with Crippen LogP contribution in [0.25, 0.3) is 0 Å². The third kappa shape index (κ3) is 4.88. The molecule has 3 nitrogen and oxygen atoms in total. The van der Waals surface area contributed by atoms with E-state index in [1.165, 1.54) is 0 Å². The highest BCUT2D eigenvalue weighted by molar-refractivity contribution is 5.78. The van der Waals surface area contributed by atoms with Crippen LogP contribution < -0.4 is 11.1 Å². The molecular weight excluding hydrogens is 164 g/mol. The topological polar surface area (TPSA) is 55.1 Å². The number of amides is 1. The minimum atomic E-state index is 0.0469. The fraction of sp³-hybridized carbons (Fsp3) is 0.900. The van der Waals surface area contributed by atoms with Crippen LogP contribution in [0.5, 0.6) is 0 Å². The number of carbonyl (C=O) groups excluding carboxylic acids is 1. The molecule has 0 bridgehead atoms. The third-order valence-electron chi connectivity index (χ3n) is 2.38. The Morgan fingerprint density at radius 2 is 1.92 bits per heavy atom. The molecule has 0 aliphatic rings. The third-order valence-corrected chi connectivity index (χ3v) is 2.38. The summed E-state index contributed by atoms with van der Waals surface area (Å²) in [6.45, 7) is 6.67. The molecule has 78 valence electrons. The lowest BCUT2D eigenvalue weighted by molar-refractivity contribution is -0.125. The van der Waals surface area contributed by atoms with E-state index in [2.05, 4.69) is 19.2 Å². The maximum Gasteiger partial charge on any atom is 0.223 e. The Hall–Kier alpha value is -0.570. The lowest BCUT2D eigenvalue weighted by Gasteiger charge is -2.17. The summed E-state index contributed by atoms with van der Waals surface area (Å²) in [5.74, 6) is 0.185. The van der Waals surface area contributed by atoms with E-state index in [1.807, 2.05) is 6.92 Å². The molecule has 0 rings (SSSR count). The molecule has 0 radical (unpaired) electrons. The number of nitrogens with two attached hydrogens (primary N) is 1. The van der Waals surface area contributed by atoms with Crippen molar-refractivity contribution in [2.75, 3.05) is 6.54 Å². The van der Waals surface area contributed by atoms with Crippen LogP contribution in [0.1, 0.15) is 40.0 Å². The summed E-state index contributed by atoms with van der Waals surface area (Å²) in [5.41, 5.74) is 5.38. The molecule has 0 saturated heterocycles. The normalized spacial score (nSPS) is 13.0. The van der Waals surface area contributed by atoms with E-state index < -0.39 is 0 Å². The SMILES string of the molecule is CCC(CC)NC(=O)C(C)CCN. The van der Waals surface area contributed by atoms with Gasteiger partial charge in [0, 0.05) is 12.0 Å². The van der Waals surface area contributed by atoms with Gasteiger partial charge in [-0.3, -0.25) is 4.79 Å². The second-order valence-electron chi connectivity index (χ2n) is 3.50. The van der Waals surface area contributed by atoms with E-state index in [1.54, 1.807) is 0 Å². The Morgan fingerprint density at radius 1 is 1.38 bits per heavy atom. The van der Waals surface area contributed by atoms with Gasteiger partial charge in [-0.15, -0.1) is 0 Å². The van der Waals surface area contributed by atoms with Crippen molar-refractivity contribution in [3.8, 4) is 0 Å². The fourth-order valence-electron chi connectivity index (χ4n) is 1.22. The van der Waals surface area contributed by atoms with Gasteiger partial charge < -0.3 is 11.1 Å². The molecule has 0 aliphatic heterocycles. The fourth-order valence-corrected chi connectivity index (χ4v) is 1.22. The molecule has 0 aromatic rings. The van der Waals surface area contributed by atoms with Crippen LogP contribution in [0, 0.1) is 5.92 Å². The van der Waals surface area contributed by atoms with Gasteiger partial charge >= 0.3 is 0 Å². The van der Waals surface area contributed by atoms with E-state index >= 15 is 0 Å². The van der Waals surface area contributed by atoms with Gasteiger partial charge in [-0.05, 0) is 25.8 Å². The summed E-state index contributed by atoms with van der Waals surface area (Å²) in [6, 6.07) is 0.327. The average molecular weight is 186 g/mol. The molecule has 0 fully saturated rings. The zero-order valence-electron chi connectivity index (χ0n) is 8.97. The predicted octanol–water partition coefficient (Wildman–Crippen LogP) is 1.28.